The van der Waals surface area contributed by atoms with Crippen LogP contribution in [0.25, 0.3) is 5.69 Å². The van der Waals surface area contributed by atoms with Gasteiger partial charge >= 0.3 is 5.56 Å². The van der Waals surface area contributed by atoms with Crippen LogP contribution in [0.1, 0.15) is 12.5 Å². The maximum atomic E-state index is 13.1. The minimum Gasteiger partial charge on any atom is -0.305 e. The van der Waals surface area contributed by atoms with Crippen LogP contribution in [0.4, 0.5) is 17.2 Å². The molecule has 3 rings (SSSR count). The lowest BCUT2D eigenvalue weighted by atomic mass is 10.2. The van der Waals surface area contributed by atoms with Crippen LogP contribution in [0, 0.1) is 11.3 Å². The number of rotatable bonds is 5. The molecule has 8 nitrogen and oxygen atoms in total. The Bertz CT molecular complexity index is 1290. The third-order valence-corrected chi connectivity index (χ3v) is 4.75. The van der Waals surface area contributed by atoms with Crippen LogP contribution >= 0.6 is 34.8 Å². The third kappa shape index (κ3) is 4.86. The molecule has 0 aliphatic rings. The van der Waals surface area contributed by atoms with Crippen molar-refractivity contribution in [2.45, 2.75) is 6.92 Å². The molecule has 156 valence electrons. The third-order valence-electron chi connectivity index (χ3n) is 3.96. The first-order chi connectivity index (χ1) is 14.7. The Morgan fingerprint density at radius 3 is 2.32 bits per heavy atom. The van der Waals surface area contributed by atoms with Crippen molar-refractivity contribution in [3.63, 3.8) is 0 Å². The van der Waals surface area contributed by atoms with Gasteiger partial charge in [-0.15, -0.1) is 5.11 Å². The van der Waals surface area contributed by atoms with Gasteiger partial charge in [0.25, 0.3) is 5.91 Å². The molecule has 0 aliphatic carbocycles. The van der Waals surface area contributed by atoms with Gasteiger partial charge in [0.05, 0.1) is 27.4 Å². The summed E-state index contributed by atoms with van der Waals surface area (Å²) in [7, 11) is 0. The number of halogens is 3. The number of carbonyl (C=O) groups excluding carboxylic acids is 1. The molecule has 0 aliphatic heterocycles. The van der Waals surface area contributed by atoms with Gasteiger partial charge in [-0.3, -0.25) is 14.7 Å². The molecule has 0 unspecified atom stereocenters. The monoisotopic (exact) mass is 474 g/mol. The molecule has 0 radical (unpaired) electrons. The average Bonchev–Trinajstić information content (AvgIpc) is 3.01. The first kappa shape index (κ1) is 22.3. The van der Waals surface area contributed by atoms with Crippen molar-refractivity contribution in [2.24, 2.45) is 10.2 Å². The van der Waals surface area contributed by atoms with E-state index < -0.39 is 11.5 Å². The minimum absolute atomic E-state index is 0.0301. The highest BCUT2D eigenvalue weighted by atomic mass is 35.5. The summed E-state index contributed by atoms with van der Waals surface area (Å²) in [5.41, 5.74) is 0.325. The molecule has 1 heterocycles. The van der Waals surface area contributed by atoms with Crippen molar-refractivity contribution in [1.82, 2.24) is 9.78 Å². The van der Waals surface area contributed by atoms with Crippen molar-refractivity contribution in [3.05, 3.63) is 79.5 Å². The number of hydrogen-bond donors (Lipinski definition) is 2. The van der Waals surface area contributed by atoms with E-state index in [4.69, 9.17) is 40.1 Å². The van der Waals surface area contributed by atoms with E-state index in [0.717, 1.165) is 4.68 Å². The lowest BCUT2D eigenvalue weighted by molar-refractivity contribution is -0.112. The highest BCUT2D eigenvalue weighted by Crippen LogP contribution is 2.33. The van der Waals surface area contributed by atoms with E-state index in [0.29, 0.717) is 11.3 Å². The summed E-state index contributed by atoms with van der Waals surface area (Å²) in [6.07, 6.45) is 0. The van der Waals surface area contributed by atoms with E-state index in [2.05, 4.69) is 27.2 Å². The summed E-state index contributed by atoms with van der Waals surface area (Å²) in [5, 5.41) is 22.6. The van der Waals surface area contributed by atoms with Crippen molar-refractivity contribution >= 4 is 57.9 Å². The second-order valence-corrected chi connectivity index (χ2v) is 7.54. The smallest absolute Gasteiger partial charge is 0.301 e. The Labute approximate surface area is 191 Å². The van der Waals surface area contributed by atoms with Crippen LogP contribution in [-0.4, -0.2) is 15.7 Å². The molecule has 1 amide bonds. The first-order valence-corrected chi connectivity index (χ1v) is 9.73. The Kier molecular flexibility index (Phi) is 6.61. The molecule has 2 N–H and O–H groups in total. The van der Waals surface area contributed by atoms with Gasteiger partial charge in [0.1, 0.15) is 5.69 Å². The van der Waals surface area contributed by atoms with Gasteiger partial charge in [0.15, 0.2) is 11.5 Å². The van der Waals surface area contributed by atoms with E-state index in [-0.39, 0.29) is 37.8 Å². The summed E-state index contributed by atoms with van der Waals surface area (Å²) in [5.74, 6) is -0.561. The van der Waals surface area contributed by atoms with E-state index in [1.165, 1.54) is 19.1 Å². The number of H-pyrrole nitrogens is 1. The standard InChI is InChI=1S/C20H13Cl3N6O2/c1-10(2)19(30)25-18-16(27-26-13-5-3-11(9-24)4-6-13)20(31)29(28-18)17-14(22)7-12(21)8-15(17)23/h3-8,28H,1H2,2H3,(H,25,30)/b27-26+. The molecule has 1 aromatic heterocycles. The van der Waals surface area contributed by atoms with Crippen LogP contribution in [0.15, 0.2) is 63.6 Å². The van der Waals surface area contributed by atoms with Crippen molar-refractivity contribution < 1.29 is 4.79 Å². The second-order valence-electron chi connectivity index (χ2n) is 6.29. The number of azo groups is 1. The number of carbonyl (C=O) groups is 1. The van der Waals surface area contributed by atoms with Gasteiger partial charge in [-0.25, -0.2) is 4.68 Å². The number of nitriles is 1. The molecule has 0 atom stereocenters. The number of nitrogens with zero attached hydrogens (tertiary/aromatic N) is 4. The van der Waals surface area contributed by atoms with Gasteiger partial charge in [-0.05, 0) is 43.3 Å². The number of nitrogens with one attached hydrogen (secondary N) is 2. The fourth-order valence-electron chi connectivity index (χ4n) is 2.44. The topological polar surface area (TPSA) is 115 Å². The normalized spacial score (nSPS) is 10.8. The largest absolute Gasteiger partial charge is 0.305 e. The Morgan fingerprint density at radius 2 is 1.77 bits per heavy atom. The quantitative estimate of drug-likeness (QED) is 0.352. The number of amides is 1. The fraction of sp³-hybridized carbons (Fsp3) is 0.0500. The number of hydrogen-bond acceptors (Lipinski definition) is 5. The highest BCUT2D eigenvalue weighted by molar-refractivity contribution is 6.40. The predicted octanol–water partition coefficient (Wildman–Crippen LogP) is 5.93. The number of benzene rings is 2. The molecule has 0 bridgehead atoms. The Morgan fingerprint density at radius 1 is 1.16 bits per heavy atom. The van der Waals surface area contributed by atoms with Gasteiger partial charge in [-0.1, -0.05) is 41.4 Å². The zero-order valence-corrected chi connectivity index (χ0v) is 18.2. The van der Waals surface area contributed by atoms with E-state index >= 15 is 0 Å². The van der Waals surface area contributed by atoms with Crippen molar-refractivity contribution in [1.29, 1.82) is 5.26 Å². The maximum absolute atomic E-state index is 13.1. The van der Waals surface area contributed by atoms with Crippen LogP contribution in [0.5, 0.6) is 0 Å². The van der Waals surface area contributed by atoms with E-state index in [1.54, 1.807) is 24.3 Å². The van der Waals surface area contributed by atoms with Crippen LogP contribution in [-0.2, 0) is 4.79 Å². The summed E-state index contributed by atoms with van der Waals surface area (Å²) in [6.45, 7) is 5.08. The van der Waals surface area contributed by atoms with Crippen LogP contribution in [0.3, 0.4) is 0 Å². The molecule has 0 saturated heterocycles. The summed E-state index contributed by atoms with van der Waals surface area (Å²) in [6, 6.07) is 11.1. The second kappa shape index (κ2) is 9.18. The molecule has 0 spiro atoms. The van der Waals surface area contributed by atoms with Gasteiger partial charge in [0, 0.05) is 10.6 Å². The zero-order valence-electron chi connectivity index (χ0n) is 15.9. The zero-order chi connectivity index (χ0) is 22.7. The van der Waals surface area contributed by atoms with Gasteiger partial charge < -0.3 is 5.32 Å². The molecule has 3 aromatic rings. The van der Waals surface area contributed by atoms with E-state index in [9.17, 15) is 9.59 Å². The summed E-state index contributed by atoms with van der Waals surface area (Å²) < 4.78 is 1.03. The molecular formula is C20H13Cl3N6O2. The fourth-order valence-corrected chi connectivity index (χ4v) is 3.43. The highest BCUT2D eigenvalue weighted by Gasteiger charge is 2.21. The Hall–Kier alpha value is -3.38. The molecular weight excluding hydrogens is 463 g/mol. The molecule has 11 heteroatoms. The SMILES string of the molecule is C=C(C)C(=O)Nc1[nH]n(-c2c(Cl)cc(Cl)cc2Cl)c(=O)c1/N=N/c1ccc(C#N)cc1. The molecule has 2 aromatic carbocycles. The summed E-state index contributed by atoms with van der Waals surface area (Å²) in [4.78, 5) is 25.2. The number of anilines is 1. The van der Waals surface area contributed by atoms with Gasteiger partial charge in [-0.2, -0.15) is 10.4 Å². The van der Waals surface area contributed by atoms with Crippen molar-refractivity contribution in [2.75, 3.05) is 5.32 Å². The minimum atomic E-state index is -0.666. The molecule has 0 saturated carbocycles. The molecule has 31 heavy (non-hydrogen) atoms. The maximum Gasteiger partial charge on any atom is 0.301 e. The van der Waals surface area contributed by atoms with Crippen LogP contribution < -0.4 is 10.9 Å². The number of aromatic nitrogens is 2. The van der Waals surface area contributed by atoms with Crippen LogP contribution in [0.2, 0.25) is 15.1 Å². The lowest BCUT2D eigenvalue weighted by Gasteiger charge is -2.08. The van der Waals surface area contributed by atoms with Gasteiger partial charge in [0.2, 0.25) is 0 Å². The molecule has 0 fully saturated rings. The average molecular weight is 476 g/mol. The summed E-state index contributed by atoms with van der Waals surface area (Å²) >= 11 is 18.4. The van der Waals surface area contributed by atoms with Crippen molar-refractivity contribution in [3.8, 4) is 11.8 Å². The lowest BCUT2D eigenvalue weighted by Crippen LogP contribution is -2.15. The predicted molar refractivity (Wildman–Crippen MR) is 120 cm³/mol. The Balaban J connectivity index is 2.13. The number of aromatic amines is 1. The van der Waals surface area contributed by atoms with E-state index in [1.807, 2.05) is 6.07 Å². The first-order valence-electron chi connectivity index (χ1n) is 8.60.